The van der Waals surface area contributed by atoms with Gasteiger partial charge in [-0.2, -0.15) is 13.2 Å². The van der Waals surface area contributed by atoms with E-state index in [0.29, 0.717) is 17.2 Å². The topological polar surface area (TPSA) is 112 Å². The van der Waals surface area contributed by atoms with Crippen LogP contribution in [0, 0.1) is 0 Å². The lowest BCUT2D eigenvalue weighted by Gasteiger charge is -2.08. The lowest BCUT2D eigenvalue weighted by molar-refractivity contribution is -0.137. The first kappa shape index (κ1) is 19.2. The summed E-state index contributed by atoms with van der Waals surface area (Å²) in [5.41, 5.74) is 5.56. The zero-order valence-corrected chi connectivity index (χ0v) is 15.1. The molecule has 30 heavy (non-hydrogen) atoms. The highest BCUT2D eigenvalue weighted by Crippen LogP contribution is 2.32. The van der Waals surface area contributed by atoms with Crippen molar-refractivity contribution >= 4 is 17.5 Å². The van der Waals surface area contributed by atoms with Gasteiger partial charge in [-0.3, -0.25) is 0 Å². The maximum Gasteiger partial charge on any atom is 0.416 e. The Balaban J connectivity index is 1.46. The summed E-state index contributed by atoms with van der Waals surface area (Å²) in [6.07, 6.45) is -3.16. The molecule has 0 aliphatic heterocycles. The molecule has 4 aromatic rings. The Morgan fingerprint density at radius 3 is 2.50 bits per heavy atom. The van der Waals surface area contributed by atoms with Crippen molar-refractivity contribution in [1.82, 2.24) is 20.2 Å². The van der Waals surface area contributed by atoms with Gasteiger partial charge >= 0.3 is 12.2 Å². The molecule has 0 spiro atoms. The number of hydrogen-bond acceptors (Lipinski definition) is 8. The lowest BCUT2D eigenvalue weighted by atomic mass is 10.2. The fraction of sp³-hybridized carbons (Fsp3) is 0.0526. The van der Waals surface area contributed by atoms with Crippen LogP contribution in [0.15, 0.2) is 65.3 Å². The number of nitrogens with zero attached hydrogens (tertiary/aromatic N) is 4. The second kappa shape index (κ2) is 7.70. The van der Waals surface area contributed by atoms with Crippen LogP contribution in [0.2, 0.25) is 0 Å². The monoisotopic (exact) mass is 414 g/mol. The van der Waals surface area contributed by atoms with Crippen LogP contribution in [0.4, 0.5) is 30.7 Å². The molecular formula is C19H13F3N6O2. The third kappa shape index (κ3) is 4.46. The summed E-state index contributed by atoms with van der Waals surface area (Å²) in [4.78, 5) is 7.73. The van der Waals surface area contributed by atoms with Gasteiger partial charge in [0.05, 0.1) is 5.56 Å². The highest BCUT2D eigenvalue weighted by Gasteiger charge is 2.30. The molecule has 0 radical (unpaired) electrons. The Morgan fingerprint density at radius 2 is 1.77 bits per heavy atom. The lowest BCUT2D eigenvalue weighted by Crippen LogP contribution is -2.05. The molecule has 0 fully saturated rings. The zero-order chi connectivity index (χ0) is 21.1. The third-order valence-corrected chi connectivity index (χ3v) is 3.85. The quantitative estimate of drug-likeness (QED) is 0.485. The van der Waals surface area contributed by atoms with E-state index in [0.717, 1.165) is 12.1 Å². The Bertz CT molecular complexity index is 1160. The maximum absolute atomic E-state index is 12.8. The normalized spacial score (nSPS) is 11.3. The summed E-state index contributed by atoms with van der Waals surface area (Å²) in [7, 11) is 0. The van der Waals surface area contributed by atoms with Gasteiger partial charge in [-0.05, 0) is 42.5 Å². The number of nitrogens with two attached hydrogens (primary N) is 1. The van der Waals surface area contributed by atoms with Gasteiger partial charge in [-0.25, -0.2) is 9.97 Å². The molecule has 11 heteroatoms. The molecule has 152 valence electrons. The molecule has 0 aliphatic rings. The van der Waals surface area contributed by atoms with Gasteiger partial charge in [0, 0.05) is 17.3 Å². The minimum atomic E-state index is -4.45. The van der Waals surface area contributed by atoms with Crippen LogP contribution in [0.5, 0.6) is 11.6 Å². The van der Waals surface area contributed by atoms with Gasteiger partial charge in [-0.15, -0.1) is 5.10 Å². The Labute approximate surface area is 167 Å². The van der Waals surface area contributed by atoms with Crippen molar-refractivity contribution in [1.29, 1.82) is 0 Å². The third-order valence-electron chi connectivity index (χ3n) is 3.85. The number of hydrogen-bond donors (Lipinski definition) is 2. The van der Waals surface area contributed by atoms with Gasteiger partial charge in [0.25, 0.3) is 0 Å². The summed E-state index contributed by atoms with van der Waals surface area (Å²) < 4.78 is 49.5. The van der Waals surface area contributed by atoms with Crippen LogP contribution in [0.25, 0.3) is 11.5 Å². The molecule has 3 N–H and O–H groups in total. The number of nitrogen functional groups attached to an aromatic ring is 1. The van der Waals surface area contributed by atoms with Crippen molar-refractivity contribution in [2.45, 2.75) is 6.18 Å². The van der Waals surface area contributed by atoms with Crippen molar-refractivity contribution in [3.8, 4) is 23.1 Å². The predicted molar refractivity (Wildman–Crippen MR) is 101 cm³/mol. The van der Waals surface area contributed by atoms with E-state index in [9.17, 15) is 13.2 Å². The molecule has 0 amide bonds. The van der Waals surface area contributed by atoms with Crippen LogP contribution < -0.4 is 15.8 Å². The molecule has 0 saturated carbocycles. The van der Waals surface area contributed by atoms with Crippen LogP contribution >= 0.6 is 0 Å². The first-order chi connectivity index (χ1) is 14.4. The van der Waals surface area contributed by atoms with E-state index in [1.807, 2.05) is 0 Å². The Kier molecular flexibility index (Phi) is 4.92. The minimum absolute atomic E-state index is 0.0406. The molecule has 2 heterocycles. The zero-order valence-electron chi connectivity index (χ0n) is 15.1. The summed E-state index contributed by atoms with van der Waals surface area (Å²) in [6, 6.07) is 12.8. The van der Waals surface area contributed by atoms with Gasteiger partial charge < -0.3 is 20.2 Å². The highest BCUT2D eigenvalue weighted by atomic mass is 19.4. The van der Waals surface area contributed by atoms with Crippen molar-refractivity contribution in [2.24, 2.45) is 0 Å². The van der Waals surface area contributed by atoms with E-state index >= 15 is 0 Å². The molecule has 2 aromatic heterocycles. The van der Waals surface area contributed by atoms with Crippen LogP contribution in [-0.4, -0.2) is 20.2 Å². The van der Waals surface area contributed by atoms with E-state index in [2.05, 4.69) is 25.5 Å². The molecule has 0 unspecified atom stereocenters. The van der Waals surface area contributed by atoms with Crippen LogP contribution in [-0.2, 0) is 6.18 Å². The molecule has 0 atom stereocenters. The molecular weight excluding hydrogens is 401 g/mol. The van der Waals surface area contributed by atoms with Gasteiger partial charge in [0.1, 0.15) is 17.9 Å². The SMILES string of the molecule is Nc1cc(Oc2ccc(-c3nnc(Nc4cccc(C(F)(F)F)c4)o3)cc2)ncn1. The summed E-state index contributed by atoms with van der Waals surface area (Å²) in [5, 5.41) is 10.4. The fourth-order valence-corrected chi connectivity index (χ4v) is 2.48. The number of ether oxygens (including phenoxy) is 1. The summed E-state index contributed by atoms with van der Waals surface area (Å²) >= 11 is 0. The van der Waals surface area contributed by atoms with Gasteiger partial charge in [0.2, 0.25) is 11.8 Å². The summed E-state index contributed by atoms with van der Waals surface area (Å²) in [6.45, 7) is 0. The van der Waals surface area contributed by atoms with Crippen molar-refractivity contribution in [3.05, 3.63) is 66.5 Å². The average Bonchev–Trinajstić information content (AvgIpc) is 3.17. The second-order valence-electron chi connectivity index (χ2n) is 6.02. The molecule has 8 nitrogen and oxygen atoms in total. The molecule has 0 bridgehead atoms. The summed E-state index contributed by atoms with van der Waals surface area (Å²) in [5.74, 6) is 1.25. The smallest absolute Gasteiger partial charge is 0.416 e. The van der Waals surface area contributed by atoms with E-state index in [1.165, 1.54) is 24.5 Å². The van der Waals surface area contributed by atoms with Crippen LogP contribution in [0.3, 0.4) is 0 Å². The number of aromatic nitrogens is 4. The second-order valence-corrected chi connectivity index (χ2v) is 6.02. The first-order valence-electron chi connectivity index (χ1n) is 8.50. The van der Waals surface area contributed by atoms with Crippen molar-refractivity contribution < 1.29 is 22.3 Å². The molecule has 4 rings (SSSR count). The number of alkyl halides is 3. The van der Waals surface area contributed by atoms with E-state index in [-0.39, 0.29) is 23.4 Å². The standard InChI is InChI=1S/C19H13F3N6O2/c20-19(21,22)12-2-1-3-13(8-12)26-18-28-27-17(30-18)11-4-6-14(7-5-11)29-16-9-15(23)24-10-25-16/h1-10H,(H,26,28)(H2,23,24,25). The number of rotatable bonds is 5. The van der Waals surface area contributed by atoms with Crippen molar-refractivity contribution in [3.63, 3.8) is 0 Å². The first-order valence-corrected chi connectivity index (χ1v) is 8.50. The minimum Gasteiger partial charge on any atom is -0.439 e. The fourth-order valence-electron chi connectivity index (χ4n) is 2.48. The Hall–Kier alpha value is -4.15. The number of halogens is 3. The van der Waals surface area contributed by atoms with E-state index < -0.39 is 11.7 Å². The number of nitrogens with one attached hydrogen (secondary N) is 1. The largest absolute Gasteiger partial charge is 0.439 e. The number of benzene rings is 2. The predicted octanol–water partition coefficient (Wildman–Crippen LogP) is 4.66. The van der Waals surface area contributed by atoms with Crippen LogP contribution in [0.1, 0.15) is 5.56 Å². The van der Waals surface area contributed by atoms with Gasteiger partial charge in [-0.1, -0.05) is 11.2 Å². The van der Waals surface area contributed by atoms with E-state index in [1.54, 1.807) is 24.3 Å². The van der Waals surface area contributed by atoms with E-state index in [4.69, 9.17) is 14.9 Å². The van der Waals surface area contributed by atoms with Gasteiger partial charge in [0.15, 0.2) is 0 Å². The molecule has 2 aromatic carbocycles. The molecule has 0 saturated heterocycles. The van der Waals surface area contributed by atoms with Crippen molar-refractivity contribution in [2.75, 3.05) is 11.1 Å². The molecule has 0 aliphatic carbocycles. The number of anilines is 3. The maximum atomic E-state index is 12.8. The Morgan fingerprint density at radius 1 is 0.967 bits per heavy atom. The average molecular weight is 414 g/mol. The highest BCUT2D eigenvalue weighted by molar-refractivity contribution is 5.58.